The number of para-hydroxylation sites is 2. The van der Waals surface area contributed by atoms with Gasteiger partial charge in [-0.15, -0.1) is 24.0 Å². The molecule has 2 N–H and O–H groups in total. The summed E-state index contributed by atoms with van der Waals surface area (Å²) in [6.45, 7) is 11.4. The third-order valence-electron chi connectivity index (χ3n) is 4.40. The van der Waals surface area contributed by atoms with Crippen LogP contribution < -0.4 is 10.2 Å². The van der Waals surface area contributed by atoms with Gasteiger partial charge in [0.05, 0.1) is 5.69 Å². The van der Waals surface area contributed by atoms with Gasteiger partial charge in [-0.1, -0.05) is 32.9 Å². The fourth-order valence-corrected chi connectivity index (χ4v) is 3.04. The number of aliphatic imine (C=N–C) groups is 1. The van der Waals surface area contributed by atoms with Gasteiger partial charge in [-0.05, 0) is 30.4 Å². The van der Waals surface area contributed by atoms with Crippen LogP contribution in [0.3, 0.4) is 0 Å². The lowest BCUT2D eigenvalue weighted by atomic mass is 9.91. The van der Waals surface area contributed by atoms with Crippen molar-refractivity contribution in [3.8, 4) is 5.75 Å². The molecule has 1 saturated heterocycles. The van der Waals surface area contributed by atoms with Crippen LogP contribution in [0.25, 0.3) is 0 Å². The number of aromatic hydroxyl groups is 1. The van der Waals surface area contributed by atoms with Crippen LogP contribution in [-0.2, 0) is 0 Å². The van der Waals surface area contributed by atoms with E-state index in [9.17, 15) is 5.11 Å². The Bertz CT molecular complexity index is 549. The van der Waals surface area contributed by atoms with Crippen molar-refractivity contribution in [2.45, 2.75) is 33.6 Å². The van der Waals surface area contributed by atoms with Crippen LogP contribution in [0.1, 0.15) is 33.6 Å². The van der Waals surface area contributed by atoms with Crippen molar-refractivity contribution in [1.29, 1.82) is 0 Å². The maximum atomic E-state index is 10.0. The van der Waals surface area contributed by atoms with Crippen LogP contribution >= 0.6 is 24.0 Å². The van der Waals surface area contributed by atoms with E-state index in [1.165, 1.54) is 6.42 Å². The molecule has 2 rings (SSSR count). The number of phenolic OH excluding ortho intramolecular Hbond substituents is 1. The first kappa shape index (κ1) is 21.9. The number of halogens is 1. The number of hydrogen-bond acceptors (Lipinski definition) is 3. The number of anilines is 1. The third kappa shape index (κ3) is 6.92. The number of phenols is 1. The molecule has 1 aliphatic rings. The van der Waals surface area contributed by atoms with Gasteiger partial charge < -0.3 is 20.2 Å². The Hall–Kier alpha value is -1.18. The molecule has 1 heterocycles. The number of hydrogen-bond donors (Lipinski definition) is 2. The number of nitrogens with one attached hydrogen (secondary N) is 1. The highest BCUT2D eigenvalue weighted by molar-refractivity contribution is 14.0. The van der Waals surface area contributed by atoms with Crippen LogP contribution in [0.4, 0.5) is 5.69 Å². The van der Waals surface area contributed by atoms with Crippen molar-refractivity contribution in [2.75, 3.05) is 44.7 Å². The smallest absolute Gasteiger partial charge is 0.193 e. The number of rotatable bonds is 4. The zero-order chi connectivity index (χ0) is 17.6. The van der Waals surface area contributed by atoms with Gasteiger partial charge in [0.1, 0.15) is 5.75 Å². The zero-order valence-electron chi connectivity index (χ0n) is 16.0. The fraction of sp³-hybridized carbons (Fsp3) is 0.632. The molecule has 0 bridgehead atoms. The van der Waals surface area contributed by atoms with Gasteiger partial charge in [0.15, 0.2) is 5.96 Å². The van der Waals surface area contributed by atoms with E-state index in [4.69, 9.17) is 0 Å². The Morgan fingerprint density at radius 1 is 1.16 bits per heavy atom. The minimum atomic E-state index is 0. The van der Waals surface area contributed by atoms with E-state index in [0.717, 1.165) is 50.8 Å². The molecule has 1 aliphatic heterocycles. The lowest BCUT2D eigenvalue weighted by Crippen LogP contribution is -2.52. The highest BCUT2D eigenvalue weighted by Crippen LogP contribution is 2.27. The molecule has 0 aromatic heterocycles. The summed E-state index contributed by atoms with van der Waals surface area (Å²) in [7, 11) is 1.85. The summed E-state index contributed by atoms with van der Waals surface area (Å²) in [5, 5.41) is 13.5. The average molecular weight is 460 g/mol. The molecule has 0 unspecified atom stereocenters. The predicted molar refractivity (Wildman–Crippen MR) is 117 cm³/mol. The van der Waals surface area contributed by atoms with Gasteiger partial charge in [-0.3, -0.25) is 4.99 Å². The molecule has 142 valence electrons. The standard InChI is InChI=1S/C19H32N4O.HI/c1-19(2,3)10-7-11-21-18(20-4)23-14-12-22(13-15-23)16-8-5-6-9-17(16)24;/h5-6,8-9,24H,7,10-15H2,1-4H3,(H,20,21);1H. The van der Waals surface area contributed by atoms with Gasteiger partial charge >= 0.3 is 0 Å². The van der Waals surface area contributed by atoms with Crippen molar-refractivity contribution in [3.05, 3.63) is 24.3 Å². The van der Waals surface area contributed by atoms with Crippen molar-refractivity contribution < 1.29 is 5.11 Å². The van der Waals surface area contributed by atoms with Crippen LogP contribution in [0, 0.1) is 5.41 Å². The van der Waals surface area contributed by atoms with Crippen LogP contribution in [0.15, 0.2) is 29.3 Å². The predicted octanol–water partition coefficient (Wildman–Crippen LogP) is 3.53. The topological polar surface area (TPSA) is 51.1 Å². The Labute approximate surface area is 169 Å². The van der Waals surface area contributed by atoms with E-state index < -0.39 is 0 Å². The first-order chi connectivity index (χ1) is 11.4. The second-order valence-corrected chi connectivity index (χ2v) is 7.60. The minimum absolute atomic E-state index is 0. The maximum absolute atomic E-state index is 10.0. The molecule has 1 aromatic rings. The van der Waals surface area contributed by atoms with Gasteiger partial charge in [0.2, 0.25) is 0 Å². The average Bonchev–Trinajstić information content (AvgIpc) is 2.55. The van der Waals surface area contributed by atoms with E-state index in [1.807, 2.05) is 25.2 Å². The molecule has 1 aromatic carbocycles. The fourth-order valence-electron chi connectivity index (χ4n) is 3.04. The number of benzene rings is 1. The molecule has 0 amide bonds. The van der Waals surface area contributed by atoms with Gasteiger partial charge in [0, 0.05) is 39.8 Å². The molecule has 0 radical (unpaired) electrons. The van der Waals surface area contributed by atoms with E-state index in [2.05, 4.69) is 40.9 Å². The maximum Gasteiger partial charge on any atom is 0.193 e. The normalized spacial score (nSPS) is 15.8. The van der Waals surface area contributed by atoms with Crippen molar-refractivity contribution in [1.82, 2.24) is 10.2 Å². The first-order valence-corrected chi connectivity index (χ1v) is 8.89. The Kier molecular flexibility index (Phi) is 8.82. The summed E-state index contributed by atoms with van der Waals surface area (Å²) in [5.74, 6) is 1.34. The molecule has 5 nitrogen and oxygen atoms in total. The first-order valence-electron chi connectivity index (χ1n) is 8.89. The Balaban J connectivity index is 0.00000312. The molecular formula is C19H33IN4O. The number of guanidine groups is 1. The molecule has 0 aliphatic carbocycles. The zero-order valence-corrected chi connectivity index (χ0v) is 18.3. The molecule has 25 heavy (non-hydrogen) atoms. The molecule has 0 saturated carbocycles. The molecule has 0 atom stereocenters. The van der Waals surface area contributed by atoms with Gasteiger partial charge in [0.25, 0.3) is 0 Å². The van der Waals surface area contributed by atoms with Gasteiger partial charge in [-0.25, -0.2) is 0 Å². The third-order valence-corrected chi connectivity index (χ3v) is 4.40. The van der Waals surface area contributed by atoms with Crippen molar-refractivity contribution >= 4 is 35.6 Å². The highest BCUT2D eigenvalue weighted by atomic mass is 127. The molecule has 6 heteroatoms. The van der Waals surface area contributed by atoms with Crippen LogP contribution in [-0.4, -0.2) is 55.7 Å². The largest absolute Gasteiger partial charge is 0.506 e. The summed E-state index contributed by atoms with van der Waals surface area (Å²) in [6, 6.07) is 7.55. The van der Waals surface area contributed by atoms with E-state index in [0.29, 0.717) is 11.2 Å². The van der Waals surface area contributed by atoms with Crippen molar-refractivity contribution in [3.63, 3.8) is 0 Å². The summed E-state index contributed by atoms with van der Waals surface area (Å²) in [4.78, 5) is 8.96. The summed E-state index contributed by atoms with van der Waals surface area (Å²) < 4.78 is 0. The Morgan fingerprint density at radius 2 is 1.80 bits per heavy atom. The van der Waals surface area contributed by atoms with Crippen LogP contribution in [0.2, 0.25) is 0 Å². The number of piperazine rings is 1. The van der Waals surface area contributed by atoms with E-state index in [-0.39, 0.29) is 24.0 Å². The Morgan fingerprint density at radius 3 is 2.36 bits per heavy atom. The lowest BCUT2D eigenvalue weighted by molar-refractivity contribution is 0.353. The summed E-state index contributed by atoms with van der Waals surface area (Å²) in [6.07, 6.45) is 2.36. The second-order valence-electron chi connectivity index (χ2n) is 7.60. The summed E-state index contributed by atoms with van der Waals surface area (Å²) >= 11 is 0. The van der Waals surface area contributed by atoms with E-state index in [1.54, 1.807) is 6.07 Å². The minimum Gasteiger partial charge on any atom is -0.506 e. The highest BCUT2D eigenvalue weighted by Gasteiger charge is 2.21. The lowest BCUT2D eigenvalue weighted by Gasteiger charge is -2.37. The van der Waals surface area contributed by atoms with Crippen molar-refractivity contribution in [2.24, 2.45) is 10.4 Å². The second kappa shape index (κ2) is 10.1. The molecular weight excluding hydrogens is 427 g/mol. The van der Waals surface area contributed by atoms with E-state index >= 15 is 0 Å². The quantitative estimate of drug-likeness (QED) is 0.313. The molecule has 0 spiro atoms. The van der Waals surface area contributed by atoms with Gasteiger partial charge in [-0.2, -0.15) is 0 Å². The monoisotopic (exact) mass is 460 g/mol. The van der Waals surface area contributed by atoms with Crippen LogP contribution in [0.5, 0.6) is 5.75 Å². The summed E-state index contributed by atoms with van der Waals surface area (Å²) in [5.41, 5.74) is 1.30. The SMILES string of the molecule is CN=C(NCCCC(C)(C)C)N1CCN(c2ccccc2O)CC1.I. The number of nitrogens with zero attached hydrogens (tertiary/aromatic N) is 3. The molecule has 1 fully saturated rings.